The van der Waals surface area contributed by atoms with Crippen molar-refractivity contribution < 1.29 is 9.13 Å². The quantitative estimate of drug-likeness (QED) is 0.500. The molecule has 0 amide bonds. The van der Waals surface area contributed by atoms with Gasteiger partial charge < -0.3 is 9.30 Å². The van der Waals surface area contributed by atoms with Gasteiger partial charge in [0.05, 0.1) is 34.1 Å². The van der Waals surface area contributed by atoms with E-state index in [-0.39, 0.29) is 11.9 Å². The van der Waals surface area contributed by atoms with Crippen LogP contribution in [0.2, 0.25) is 10.0 Å². The van der Waals surface area contributed by atoms with E-state index in [4.69, 9.17) is 32.9 Å². The van der Waals surface area contributed by atoms with Crippen molar-refractivity contribution in [3.8, 4) is 11.3 Å². The van der Waals surface area contributed by atoms with Crippen LogP contribution < -0.4 is 4.80 Å². The zero-order valence-electron chi connectivity index (χ0n) is 14.4. The lowest BCUT2D eigenvalue weighted by Crippen LogP contribution is -2.24. The average Bonchev–Trinajstić information content (AvgIpc) is 3.30. The number of benzene rings is 2. The standard InChI is InChI=1S/C20H17Cl2FN2OS/c21-16-8-7-13(10-17(16)22)24-20-25(11-14-4-3-9-26-14)19(12-27-20)15-5-1-2-6-18(15)23/h1-2,5-8,10,12,14H,3-4,9,11H2. The Hall–Kier alpha value is -1.66. The van der Waals surface area contributed by atoms with Crippen LogP contribution in [0.25, 0.3) is 11.3 Å². The third-order valence-corrected chi connectivity index (χ3v) is 6.09. The van der Waals surface area contributed by atoms with Crippen molar-refractivity contribution in [2.75, 3.05) is 6.61 Å². The predicted molar refractivity (Wildman–Crippen MR) is 108 cm³/mol. The first-order valence-corrected chi connectivity index (χ1v) is 10.3. The summed E-state index contributed by atoms with van der Waals surface area (Å²) >= 11 is 13.6. The minimum atomic E-state index is -0.252. The molecule has 7 heteroatoms. The van der Waals surface area contributed by atoms with Crippen molar-refractivity contribution in [1.82, 2.24) is 4.57 Å². The number of thiazole rings is 1. The van der Waals surface area contributed by atoms with Crippen LogP contribution in [-0.2, 0) is 11.3 Å². The summed E-state index contributed by atoms with van der Waals surface area (Å²) in [5.74, 6) is -0.252. The van der Waals surface area contributed by atoms with Crippen molar-refractivity contribution in [2.24, 2.45) is 4.99 Å². The van der Waals surface area contributed by atoms with Crippen LogP contribution in [0.4, 0.5) is 10.1 Å². The minimum absolute atomic E-state index is 0.109. The Morgan fingerprint density at radius 3 is 2.78 bits per heavy atom. The van der Waals surface area contributed by atoms with Crippen LogP contribution in [0.1, 0.15) is 12.8 Å². The third-order valence-electron chi connectivity index (χ3n) is 4.49. The summed E-state index contributed by atoms with van der Waals surface area (Å²) in [6.07, 6.45) is 2.15. The SMILES string of the molecule is Fc1ccccc1-c1csc(=Nc2ccc(Cl)c(Cl)c2)n1CC1CCCO1. The maximum atomic E-state index is 14.4. The molecule has 2 aromatic carbocycles. The van der Waals surface area contributed by atoms with Gasteiger partial charge in [-0.3, -0.25) is 0 Å². The Labute approximate surface area is 170 Å². The molecule has 1 saturated heterocycles. The Morgan fingerprint density at radius 1 is 1.19 bits per heavy atom. The molecule has 3 nitrogen and oxygen atoms in total. The molecule has 1 aromatic heterocycles. The molecule has 1 unspecified atom stereocenters. The van der Waals surface area contributed by atoms with Gasteiger partial charge in [0.25, 0.3) is 0 Å². The van der Waals surface area contributed by atoms with E-state index in [1.807, 2.05) is 22.1 Å². The molecule has 2 heterocycles. The molecule has 0 N–H and O–H groups in total. The Bertz CT molecular complexity index is 1020. The molecule has 0 saturated carbocycles. The second kappa shape index (κ2) is 8.15. The fourth-order valence-electron chi connectivity index (χ4n) is 3.14. The number of rotatable bonds is 4. The fraction of sp³-hybridized carbons (Fsp3) is 0.250. The van der Waals surface area contributed by atoms with Crippen LogP contribution in [0, 0.1) is 5.82 Å². The maximum Gasteiger partial charge on any atom is 0.190 e. The van der Waals surface area contributed by atoms with Crippen LogP contribution >= 0.6 is 34.5 Å². The molecular formula is C20H17Cl2FN2OS. The molecule has 27 heavy (non-hydrogen) atoms. The molecular weight excluding hydrogens is 406 g/mol. The number of ether oxygens (including phenoxy) is 1. The van der Waals surface area contributed by atoms with E-state index in [2.05, 4.69) is 0 Å². The predicted octanol–water partition coefficient (Wildman–Crippen LogP) is 6.07. The summed E-state index contributed by atoms with van der Waals surface area (Å²) in [5.41, 5.74) is 2.06. The van der Waals surface area contributed by atoms with E-state index in [1.54, 1.807) is 24.3 Å². The highest BCUT2D eigenvalue weighted by molar-refractivity contribution is 7.07. The highest BCUT2D eigenvalue weighted by atomic mass is 35.5. The van der Waals surface area contributed by atoms with E-state index in [9.17, 15) is 4.39 Å². The maximum absolute atomic E-state index is 14.4. The summed E-state index contributed by atoms with van der Waals surface area (Å²) in [7, 11) is 0. The third kappa shape index (κ3) is 4.11. The van der Waals surface area contributed by atoms with E-state index in [1.165, 1.54) is 17.4 Å². The molecule has 0 radical (unpaired) electrons. The lowest BCUT2D eigenvalue weighted by Gasteiger charge is -2.14. The second-order valence-corrected chi connectivity index (χ2v) is 7.99. The number of nitrogens with zero attached hydrogens (tertiary/aromatic N) is 2. The second-order valence-electron chi connectivity index (χ2n) is 6.34. The summed E-state index contributed by atoms with van der Waals surface area (Å²) in [4.78, 5) is 5.49. The van der Waals surface area contributed by atoms with Gasteiger partial charge in [0, 0.05) is 17.6 Å². The van der Waals surface area contributed by atoms with Gasteiger partial charge >= 0.3 is 0 Å². The minimum Gasteiger partial charge on any atom is -0.376 e. The zero-order chi connectivity index (χ0) is 18.8. The van der Waals surface area contributed by atoms with Gasteiger partial charge in [0.1, 0.15) is 5.82 Å². The lowest BCUT2D eigenvalue weighted by atomic mass is 10.1. The number of hydrogen-bond donors (Lipinski definition) is 0. The molecule has 0 bridgehead atoms. The Balaban J connectivity index is 1.82. The summed E-state index contributed by atoms with van der Waals surface area (Å²) < 4.78 is 22.2. The van der Waals surface area contributed by atoms with E-state index in [0.717, 1.165) is 29.9 Å². The lowest BCUT2D eigenvalue weighted by molar-refractivity contribution is 0.0967. The number of halogens is 3. The first-order chi connectivity index (χ1) is 13.1. The molecule has 1 aliphatic rings. The largest absolute Gasteiger partial charge is 0.376 e. The molecule has 0 spiro atoms. The first-order valence-electron chi connectivity index (χ1n) is 8.66. The van der Waals surface area contributed by atoms with Crippen molar-refractivity contribution >= 4 is 40.2 Å². The Morgan fingerprint density at radius 2 is 2.04 bits per heavy atom. The molecule has 1 atom stereocenters. The summed E-state index contributed by atoms with van der Waals surface area (Å²) in [5, 5.41) is 2.87. The van der Waals surface area contributed by atoms with Crippen LogP contribution in [0.5, 0.6) is 0 Å². The number of hydrogen-bond acceptors (Lipinski definition) is 3. The Kier molecular flexibility index (Phi) is 5.64. The van der Waals surface area contributed by atoms with Gasteiger partial charge in [0.2, 0.25) is 0 Å². The number of aromatic nitrogens is 1. The summed E-state index contributed by atoms with van der Waals surface area (Å²) in [6.45, 7) is 1.40. The van der Waals surface area contributed by atoms with Crippen molar-refractivity contribution in [2.45, 2.75) is 25.5 Å². The van der Waals surface area contributed by atoms with Crippen molar-refractivity contribution in [3.05, 3.63) is 68.5 Å². The van der Waals surface area contributed by atoms with Crippen LogP contribution in [0.3, 0.4) is 0 Å². The normalized spacial score (nSPS) is 17.6. The van der Waals surface area contributed by atoms with Crippen molar-refractivity contribution in [1.29, 1.82) is 0 Å². The topological polar surface area (TPSA) is 26.5 Å². The molecule has 0 aliphatic carbocycles. The molecule has 140 valence electrons. The van der Waals surface area contributed by atoms with Gasteiger partial charge in [-0.05, 0) is 43.2 Å². The molecule has 3 aromatic rings. The highest BCUT2D eigenvalue weighted by Gasteiger charge is 2.20. The fourth-order valence-corrected chi connectivity index (χ4v) is 4.36. The van der Waals surface area contributed by atoms with Gasteiger partial charge in [-0.25, -0.2) is 9.38 Å². The summed E-state index contributed by atoms with van der Waals surface area (Å²) in [6, 6.07) is 12.0. The van der Waals surface area contributed by atoms with Crippen LogP contribution in [-0.4, -0.2) is 17.3 Å². The van der Waals surface area contributed by atoms with Crippen LogP contribution in [0.15, 0.2) is 52.8 Å². The molecule has 4 rings (SSSR count). The van der Waals surface area contributed by atoms with E-state index < -0.39 is 0 Å². The average molecular weight is 423 g/mol. The van der Waals surface area contributed by atoms with Gasteiger partial charge in [-0.1, -0.05) is 35.3 Å². The van der Waals surface area contributed by atoms with Gasteiger partial charge in [-0.2, -0.15) is 0 Å². The van der Waals surface area contributed by atoms with Gasteiger partial charge in [0.15, 0.2) is 4.80 Å². The molecule has 1 aliphatic heterocycles. The van der Waals surface area contributed by atoms with E-state index >= 15 is 0 Å². The monoisotopic (exact) mass is 422 g/mol. The van der Waals surface area contributed by atoms with Crippen molar-refractivity contribution in [3.63, 3.8) is 0 Å². The first kappa shape index (κ1) is 18.7. The molecule has 1 fully saturated rings. The van der Waals surface area contributed by atoms with Gasteiger partial charge in [-0.15, -0.1) is 11.3 Å². The van der Waals surface area contributed by atoms with E-state index in [0.29, 0.717) is 27.8 Å². The smallest absolute Gasteiger partial charge is 0.190 e. The zero-order valence-corrected chi connectivity index (χ0v) is 16.7. The highest BCUT2D eigenvalue weighted by Crippen LogP contribution is 2.28.